The zero-order valence-electron chi connectivity index (χ0n) is 7.49. The largest absolute Gasteiger partial charge is 0.412 e. The highest BCUT2D eigenvalue weighted by Gasteiger charge is 2.10. The lowest BCUT2D eigenvalue weighted by molar-refractivity contribution is 0.332. The summed E-state index contributed by atoms with van der Waals surface area (Å²) in [5.41, 5.74) is 0.498. The summed E-state index contributed by atoms with van der Waals surface area (Å²) in [6, 6.07) is 2.72. The van der Waals surface area contributed by atoms with Crippen molar-refractivity contribution in [1.82, 2.24) is 0 Å². The van der Waals surface area contributed by atoms with Crippen molar-refractivity contribution in [1.29, 1.82) is 0 Å². The summed E-state index contributed by atoms with van der Waals surface area (Å²) in [5.74, 6) is 5.14. The number of aryl methyl sites for hydroxylation is 1. The van der Waals surface area contributed by atoms with Crippen LogP contribution < -0.4 is 10.7 Å². The summed E-state index contributed by atoms with van der Waals surface area (Å²) in [6.07, 6.45) is 0. The maximum Gasteiger partial charge on any atom is 0.168 e. The van der Waals surface area contributed by atoms with Gasteiger partial charge in [-0.3, -0.25) is 0 Å². The van der Waals surface area contributed by atoms with E-state index in [0.29, 0.717) is 5.56 Å². The Balaban J connectivity index is 3.42. The van der Waals surface area contributed by atoms with Crippen molar-refractivity contribution in [3.8, 4) is 5.75 Å². The molecule has 6 heteroatoms. The van der Waals surface area contributed by atoms with Gasteiger partial charge in [0, 0.05) is 5.56 Å². The summed E-state index contributed by atoms with van der Waals surface area (Å²) in [5, 5.41) is 0. The van der Waals surface area contributed by atoms with Crippen molar-refractivity contribution in [3.05, 3.63) is 23.3 Å². The number of rotatable bonds is 3. The van der Waals surface area contributed by atoms with Crippen molar-refractivity contribution in [2.24, 2.45) is 5.90 Å². The number of benzene rings is 1. The third-order valence-electron chi connectivity index (χ3n) is 1.82. The standard InChI is InChI=1S/C8H10FNO3S/c1-5-2-7(13-10)3-6(4-9)8(5)14(11)12/h2-3,14H,4,10H2,1H3. The Morgan fingerprint density at radius 2 is 2.14 bits per heavy atom. The lowest BCUT2D eigenvalue weighted by Gasteiger charge is -2.06. The molecule has 0 aromatic heterocycles. The second-order valence-corrected chi connectivity index (χ2v) is 3.72. The highest BCUT2D eigenvalue weighted by atomic mass is 32.2. The Morgan fingerprint density at radius 1 is 1.50 bits per heavy atom. The highest BCUT2D eigenvalue weighted by Crippen LogP contribution is 2.23. The van der Waals surface area contributed by atoms with Crippen LogP contribution >= 0.6 is 0 Å². The maximum absolute atomic E-state index is 12.5. The Kier molecular flexibility index (Phi) is 3.43. The van der Waals surface area contributed by atoms with Gasteiger partial charge in [0.15, 0.2) is 10.7 Å². The van der Waals surface area contributed by atoms with E-state index in [1.807, 2.05) is 0 Å². The van der Waals surface area contributed by atoms with E-state index in [4.69, 9.17) is 5.90 Å². The fourth-order valence-electron chi connectivity index (χ4n) is 1.25. The molecule has 0 aliphatic carbocycles. The molecule has 4 nitrogen and oxygen atoms in total. The smallest absolute Gasteiger partial charge is 0.168 e. The summed E-state index contributed by atoms with van der Waals surface area (Å²) in [6.45, 7) is 0.693. The van der Waals surface area contributed by atoms with Gasteiger partial charge in [-0.05, 0) is 24.6 Å². The lowest BCUT2D eigenvalue weighted by Crippen LogP contribution is -2.04. The Bertz CT molecular complexity index is 409. The predicted octanol–water partition coefficient (Wildman–Crippen LogP) is 0.687. The number of alkyl halides is 1. The first-order valence-corrected chi connectivity index (χ1v) is 4.98. The number of thiol groups is 1. The molecule has 0 aliphatic heterocycles. The van der Waals surface area contributed by atoms with Crippen LogP contribution in [0.5, 0.6) is 5.75 Å². The quantitative estimate of drug-likeness (QED) is 0.579. The summed E-state index contributed by atoms with van der Waals surface area (Å²) in [7, 11) is -2.80. The van der Waals surface area contributed by atoms with Crippen LogP contribution in [0.15, 0.2) is 17.0 Å². The fraction of sp³-hybridized carbons (Fsp3) is 0.250. The predicted molar refractivity (Wildman–Crippen MR) is 49.4 cm³/mol. The minimum absolute atomic E-state index is 0.00306. The minimum atomic E-state index is -2.80. The van der Waals surface area contributed by atoms with Crippen LogP contribution in [-0.2, 0) is 17.4 Å². The van der Waals surface area contributed by atoms with Crippen LogP contribution in [-0.4, -0.2) is 8.42 Å². The van der Waals surface area contributed by atoms with Gasteiger partial charge in [-0.1, -0.05) is 0 Å². The number of halogens is 1. The average molecular weight is 219 g/mol. The van der Waals surface area contributed by atoms with Gasteiger partial charge >= 0.3 is 0 Å². The molecule has 1 rings (SSSR count). The van der Waals surface area contributed by atoms with E-state index in [-0.39, 0.29) is 16.2 Å². The van der Waals surface area contributed by atoms with Crippen LogP contribution in [0, 0.1) is 6.92 Å². The monoisotopic (exact) mass is 219 g/mol. The van der Waals surface area contributed by atoms with Crippen molar-refractivity contribution < 1.29 is 17.6 Å². The zero-order valence-corrected chi connectivity index (χ0v) is 8.38. The van der Waals surface area contributed by atoms with Crippen LogP contribution in [0.25, 0.3) is 0 Å². The second-order valence-electron chi connectivity index (χ2n) is 2.76. The topological polar surface area (TPSA) is 69.4 Å². The van der Waals surface area contributed by atoms with Gasteiger partial charge in [0.05, 0.1) is 4.90 Å². The molecule has 0 aliphatic rings. The first-order valence-electron chi connectivity index (χ1n) is 3.80. The maximum atomic E-state index is 12.5. The van der Waals surface area contributed by atoms with Gasteiger partial charge in [0.25, 0.3) is 0 Å². The molecule has 1 aromatic rings. The molecule has 0 fully saturated rings. The van der Waals surface area contributed by atoms with Gasteiger partial charge < -0.3 is 4.84 Å². The zero-order chi connectivity index (χ0) is 10.7. The Hall–Kier alpha value is -1.14. The van der Waals surface area contributed by atoms with E-state index in [1.54, 1.807) is 6.92 Å². The van der Waals surface area contributed by atoms with Gasteiger partial charge in [0.1, 0.15) is 12.4 Å². The minimum Gasteiger partial charge on any atom is -0.412 e. The van der Waals surface area contributed by atoms with E-state index < -0.39 is 17.4 Å². The molecule has 0 atom stereocenters. The SMILES string of the molecule is Cc1cc(ON)cc(CF)c1[SH](=O)=O. The molecule has 78 valence electrons. The van der Waals surface area contributed by atoms with Gasteiger partial charge in [0.2, 0.25) is 0 Å². The van der Waals surface area contributed by atoms with Gasteiger partial charge in [-0.25, -0.2) is 12.8 Å². The normalized spacial score (nSPS) is 10.6. The van der Waals surface area contributed by atoms with E-state index in [0.717, 1.165) is 0 Å². The second kappa shape index (κ2) is 4.39. The lowest BCUT2D eigenvalue weighted by atomic mass is 10.1. The fourth-order valence-corrected chi connectivity index (χ4v) is 1.96. The van der Waals surface area contributed by atoms with Gasteiger partial charge in [-0.15, -0.1) is 0 Å². The molecule has 0 radical (unpaired) electrons. The van der Waals surface area contributed by atoms with E-state index in [2.05, 4.69) is 4.84 Å². The molecule has 0 amide bonds. The summed E-state index contributed by atoms with van der Waals surface area (Å²) >= 11 is 0. The average Bonchev–Trinajstić information content (AvgIpc) is 2.15. The van der Waals surface area contributed by atoms with Crippen LogP contribution in [0.1, 0.15) is 11.1 Å². The van der Waals surface area contributed by atoms with Crippen molar-refractivity contribution in [2.75, 3.05) is 0 Å². The van der Waals surface area contributed by atoms with E-state index >= 15 is 0 Å². The van der Waals surface area contributed by atoms with Crippen molar-refractivity contribution in [3.63, 3.8) is 0 Å². The number of hydrogen-bond acceptors (Lipinski definition) is 4. The molecule has 0 bridgehead atoms. The Labute approximate surface area is 82.4 Å². The highest BCUT2D eigenvalue weighted by molar-refractivity contribution is 7.72. The first kappa shape index (κ1) is 10.9. The molecule has 0 saturated heterocycles. The molecule has 0 heterocycles. The molecular formula is C8H10FNO3S. The van der Waals surface area contributed by atoms with Crippen molar-refractivity contribution in [2.45, 2.75) is 18.5 Å². The summed E-state index contributed by atoms with van der Waals surface area (Å²) in [4.78, 5) is 4.41. The number of hydrogen-bond donors (Lipinski definition) is 2. The Morgan fingerprint density at radius 3 is 2.57 bits per heavy atom. The number of nitrogens with two attached hydrogens (primary N) is 1. The molecule has 0 saturated carbocycles. The molecule has 0 spiro atoms. The molecule has 14 heavy (non-hydrogen) atoms. The third kappa shape index (κ3) is 2.02. The molecule has 0 unspecified atom stereocenters. The van der Waals surface area contributed by atoms with Crippen LogP contribution in [0.4, 0.5) is 4.39 Å². The van der Waals surface area contributed by atoms with Crippen molar-refractivity contribution >= 4 is 10.7 Å². The van der Waals surface area contributed by atoms with Crippen LogP contribution in [0.3, 0.4) is 0 Å². The third-order valence-corrected chi connectivity index (χ3v) is 2.82. The molecule has 2 N–H and O–H groups in total. The first-order chi connectivity index (χ1) is 6.60. The van der Waals surface area contributed by atoms with Gasteiger partial charge in [-0.2, -0.15) is 5.90 Å². The van der Waals surface area contributed by atoms with Crippen LogP contribution in [0.2, 0.25) is 0 Å². The molecule has 1 aromatic carbocycles. The summed E-state index contributed by atoms with van der Waals surface area (Å²) < 4.78 is 34.1. The molecular weight excluding hydrogens is 209 g/mol. The van der Waals surface area contributed by atoms with E-state index in [9.17, 15) is 12.8 Å². The van der Waals surface area contributed by atoms with E-state index in [1.165, 1.54) is 12.1 Å².